The van der Waals surface area contributed by atoms with Gasteiger partial charge < -0.3 is 24.8 Å². The molecule has 35 valence electrons. The molecule has 0 unspecified atom stereocenters. The Morgan fingerprint density at radius 3 is 1.33 bits per heavy atom. The maximum Gasteiger partial charge on any atom is 3.00 e. The summed E-state index contributed by atoms with van der Waals surface area (Å²) in [7, 11) is 0. The van der Waals surface area contributed by atoms with Crippen LogP contribution in [0.3, 0.4) is 0 Å². The Bertz CT molecular complexity index is 16.3. The number of halogens is 2. The molecule has 0 aliphatic carbocycles. The predicted octanol–water partition coefficient (Wildman–Crippen LogP) is -4.99. The Balaban J connectivity index is -0.00000000667. The van der Waals surface area contributed by atoms with E-state index in [4.69, 9.17) is 0 Å². The first-order chi connectivity index (χ1) is 1.41. The van der Waals surface area contributed by atoms with Crippen LogP contribution >= 0.6 is 0 Å². The van der Waals surface area contributed by atoms with Crippen molar-refractivity contribution in [3.8, 4) is 0 Å². The Hall–Kier alpha value is 1.57. The van der Waals surface area contributed by atoms with Gasteiger partial charge in [-0.05, 0) is 0 Å². The van der Waals surface area contributed by atoms with Gasteiger partial charge in [0.25, 0.3) is 0 Å². The van der Waals surface area contributed by atoms with E-state index >= 15 is 0 Å². The quantitative estimate of drug-likeness (QED) is 0.379. The van der Waals surface area contributed by atoms with E-state index in [0.717, 1.165) is 0 Å². The molecule has 0 aromatic carbocycles. The van der Waals surface area contributed by atoms with Crippen LogP contribution in [0, 0.1) is 48.7 Å². The van der Waals surface area contributed by atoms with Crippen molar-refractivity contribution in [2.75, 3.05) is 0 Å². The van der Waals surface area contributed by atoms with Gasteiger partial charge in [-0.1, -0.05) is 0 Å². The smallest absolute Gasteiger partial charge is 1.00 e. The van der Waals surface area contributed by atoms with E-state index in [1.807, 2.05) is 0 Å². The molecule has 0 nitrogen and oxygen atoms in total. The molecule has 0 spiro atoms. The zero-order valence-corrected chi connectivity index (χ0v) is 7.90. The molecule has 0 amide bonds. The molecule has 1 radical (unpaired) electrons. The molecule has 3 heteroatoms. The van der Waals surface area contributed by atoms with Crippen molar-refractivity contribution in [3.05, 3.63) is 19.6 Å². The van der Waals surface area contributed by atoms with Crippen LogP contribution in [0.25, 0.3) is 0 Å². The van der Waals surface area contributed by atoms with Gasteiger partial charge in [-0.15, -0.1) is 0 Å². The summed E-state index contributed by atoms with van der Waals surface area (Å²) < 4.78 is 0. The molecule has 0 aliphatic heterocycles. The molecule has 0 bridgehead atoms. The minimum absolute atomic E-state index is 0. The monoisotopic (exact) mass is 251 g/mol. The normalized spacial score (nSPS) is 2.00. The van der Waals surface area contributed by atoms with Crippen LogP contribution in [0.5, 0.6) is 0 Å². The number of allylic oxidation sites excluding steroid dienone is 1. The van der Waals surface area contributed by atoms with E-state index in [9.17, 15) is 0 Å². The molecule has 0 rings (SSSR count). The van der Waals surface area contributed by atoms with Crippen LogP contribution in [0.15, 0.2) is 12.7 Å². The van der Waals surface area contributed by atoms with Crippen LogP contribution in [-0.4, -0.2) is 0 Å². The summed E-state index contributed by atoms with van der Waals surface area (Å²) in [6.07, 6.45) is 1.50. The molecule has 0 saturated heterocycles. The van der Waals surface area contributed by atoms with Crippen LogP contribution < -0.4 is 24.8 Å². The molecule has 0 heterocycles. The zero-order valence-electron chi connectivity index (χ0n) is 3.25. The topological polar surface area (TPSA) is 0 Å². The fraction of sp³-hybridized carbons (Fsp3) is 0. The summed E-state index contributed by atoms with van der Waals surface area (Å²) in [4.78, 5) is 0. The first-order valence-electron chi connectivity index (χ1n) is 0.816. The molecular formula is C3H5CeCl2. The van der Waals surface area contributed by atoms with Gasteiger partial charge in [-0.3, -0.25) is 0 Å². The number of hydrogen-bond donors (Lipinski definition) is 0. The third kappa shape index (κ3) is 47.3. The van der Waals surface area contributed by atoms with Crippen LogP contribution in [0.4, 0.5) is 0 Å². The summed E-state index contributed by atoms with van der Waals surface area (Å²) >= 11 is 0. The van der Waals surface area contributed by atoms with Gasteiger partial charge >= 0.3 is 41.7 Å². The van der Waals surface area contributed by atoms with Gasteiger partial charge in [0.05, 0.1) is 0 Å². The SMILES string of the molecule is C=C[CH2-].[Ce+3].[Cl-].[Cl-]. The van der Waals surface area contributed by atoms with Crippen molar-refractivity contribution >= 4 is 0 Å². The van der Waals surface area contributed by atoms with Gasteiger partial charge in [-0.2, -0.15) is 0 Å². The largest absolute Gasteiger partial charge is 3.00 e. The number of rotatable bonds is 0. The summed E-state index contributed by atoms with van der Waals surface area (Å²) in [5.74, 6) is 0. The van der Waals surface area contributed by atoms with Crippen molar-refractivity contribution in [1.82, 2.24) is 0 Å². The van der Waals surface area contributed by atoms with Crippen LogP contribution in [0.2, 0.25) is 0 Å². The van der Waals surface area contributed by atoms with Gasteiger partial charge in [0.1, 0.15) is 0 Å². The molecule has 0 saturated carbocycles. The fourth-order valence-corrected chi connectivity index (χ4v) is 0. The van der Waals surface area contributed by atoms with Gasteiger partial charge in [0, 0.05) is 0 Å². The Morgan fingerprint density at radius 2 is 1.33 bits per heavy atom. The van der Waals surface area contributed by atoms with Crippen molar-refractivity contribution < 1.29 is 66.6 Å². The molecule has 6 heavy (non-hydrogen) atoms. The third-order valence-electron chi connectivity index (χ3n) is 0. The van der Waals surface area contributed by atoms with Gasteiger partial charge in [0.15, 0.2) is 0 Å². The Morgan fingerprint density at radius 1 is 1.33 bits per heavy atom. The van der Waals surface area contributed by atoms with Crippen LogP contribution in [0.1, 0.15) is 0 Å². The molecule has 0 aromatic heterocycles. The van der Waals surface area contributed by atoms with E-state index in [1.165, 1.54) is 6.08 Å². The van der Waals surface area contributed by atoms with E-state index in [0.29, 0.717) is 0 Å². The van der Waals surface area contributed by atoms with Crippen LogP contribution in [-0.2, 0) is 0 Å². The predicted molar refractivity (Wildman–Crippen MR) is 15.6 cm³/mol. The summed E-state index contributed by atoms with van der Waals surface area (Å²) in [6, 6.07) is 0. The summed E-state index contributed by atoms with van der Waals surface area (Å²) in [5.41, 5.74) is 0. The van der Waals surface area contributed by atoms with Crippen molar-refractivity contribution in [2.45, 2.75) is 0 Å². The second kappa shape index (κ2) is 30.9. The average Bonchev–Trinajstić information content (AvgIpc) is 0.918. The van der Waals surface area contributed by atoms with E-state index in [1.54, 1.807) is 0 Å². The van der Waals surface area contributed by atoms with Gasteiger partial charge in [0.2, 0.25) is 0 Å². The van der Waals surface area contributed by atoms with E-state index < -0.39 is 0 Å². The van der Waals surface area contributed by atoms with Crippen molar-refractivity contribution in [3.63, 3.8) is 0 Å². The second-order valence-electron chi connectivity index (χ2n) is 0.289. The standard InChI is InChI=1S/C3H5.Ce.2ClH/c1-3-2;;;/h3H,1-2H2;;2*1H/q-1;+3;;/p-2. The summed E-state index contributed by atoms with van der Waals surface area (Å²) in [5, 5.41) is 0. The fourth-order valence-electron chi connectivity index (χ4n) is 0. The first-order valence-corrected chi connectivity index (χ1v) is 0.816. The third-order valence-corrected chi connectivity index (χ3v) is 0. The van der Waals surface area contributed by atoms with E-state index in [2.05, 4.69) is 13.5 Å². The van der Waals surface area contributed by atoms with Crippen molar-refractivity contribution in [1.29, 1.82) is 0 Å². The van der Waals surface area contributed by atoms with Crippen molar-refractivity contribution in [2.24, 2.45) is 0 Å². The molecular weight excluding hydrogens is 247 g/mol. The Labute approximate surface area is 85.0 Å². The average molecular weight is 252 g/mol. The van der Waals surface area contributed by atoms with E-state index in [-0.39, 0.29) is 66.6 Å². The zero-order chi connectivity index (χ0) is 2.71. The van der Waals surface area contributed by atoms with Gasteiger partial charge in [-0.25, -0.2) is 19.6 Å². The second-order valence-corrected chi connectivity index (χ2v) is 0.289. The maximum atomic E-state index is 3.25. The molecule has 0 N–H and O–H groups in total. The molecule has 0 aromatic rings. The maximum absolute atomic E-state index is 3.25. The first kappa shape index (κ1) is 25.6. The molecule has 0 atom stereocenters. The molecule has 0 fully saturated rings. The number of hydrogen-bond acceptors (Lipinski definition) is 0. The minimum Gasteiger partial charge on any atom is -1.00 e. The molecule has 0 aliphatic rings. The Kier molecular flexibility index (Phi) is 132. The minimum atomic E-state index is 0. The summed E-state index contributed by atoms with van der Waals surface area (Å²) in [6.45, 7) is 6.50.